The van der Waals surface area contributed by atoms with E-state index in [-0.39, 0.29) is 36.2 Å². The Kier molecular flexibility index (Phi) is 6.54. The zero-order valence-corrected chi connectivity index (χ0v) is 16.3. The molecule has 0 bridgehead atoms. The molecular weight excluding hydrogens is 378 g/mol. The lowest BCUT2D eigenvalue weighted by molar-refractivity contribution is -0.125. The summed E-state index contributed by atoms with van der Waals surface area (Å²) in [5.41, 5.74) is 0.819. The minimum atomic E-state index is -0.133. The van der Waals surface area contributed by atoms with E-state index < -0.39 is 0 Å². The Morgan fingerprint density at radius 2 is 1.79 bits per heavy atom. The average molecular weight is 402 g/mol. The number of halogens is 1. The highest BCUT2D eigenvalue weighted by molar-refractivity contribution is 5.97. The second kappa shape index (κ2) is 9.08. The van der Waals surface area contributed by atoms with Crippen molar-refractivity contribution in [3.63, 3.8) is 0 Å². The van der Waals surface area contributed by atoms with E-state index in [0.717, 1.165) is 36.7 Å². The van der Waals surface area contributed by atoms with Crippen molar-refractivity contribution >= 4 is 29.9 Å². The fraction of sp³-hybridized carbons (Fsp3) is 0.333. The van der Waals surface area contributed by atoms with Gasteiger partial charge in [0, 0.05) is 25.2 Å². The van der Waals surface area contributed by atoms with Crippen molar-refractivity contribution < 1.29 is 14.3 Å². The number of nitrogens with zero attached hydrogens (tertiary/aromatic N) is 1. The summed E-state index contributed by atoms with van der Waals surface area (Å²) in [4.78, 5) is 26.4. The first-order valence-electron chi connectivity index (χ1n) is 9.33. The van der Waals surface area contributed by atoms with E-state index in [1.807, 2.05) is 54.6 Å². The van der Waals surface area contributed by atoms with Crippen LogP contribution in [-0.4, -0.2) is 37.5 Å². The summed E-state index contributed by atoms with van der Waals surface area (Å²) in [7, 11) is 0. The lowest BCUT2D eigenvalue weighted by atomic mass is 10.1. The molecule has 2 aliphatic heterocycles. The van der Waals surface area contributed by atoms with Gasteiger partial charge in [0.25, 0.3) is 0 Å². The molecule has 0 radical (unpaired) electrons. The molecule has 0 spiro atoms. The van der Waals surface area contributed by atoms with Gasteiger partial charge in [-0.2, -0.15) is 0 Å². The van der Waals surface area contributed by atoms with Crippen molar-refractivity contribution in [2.45, 2.75) is 18.9 Å². The smallest absolute Gasteiger partial charge is 0.229 e. The maximum atomic E-state index is 12.4. The number of benzene rings is 2. The third-order valence-corrected chi connectivity index (χ3v) is 5.03. The van der Waals surface area contributed by atoms with Crippen molar-refractivity contribution in [2.24, 2.45) is 5.92 Å². The summed E-state index contributed by atoms with van der Waals surface area (Å²) < 4.78 is 5.79. The van der Waals surface area contributed by atoms with Gasteiger partial charge in [-0.15, -0.1) is 12.4 Å². The van der Waals surface area contributed by atoms with Crippen LogP contribution in [0.4, 0.5) is 5.69 Å². The molecular formula is C21H24ClN3O3. The predicted molar refractivity (Wildman–Crippen MR) is 110 cm³/mol. The van der Waals surface area contributed by atoms with E-state index in [2.05, 4.69) is 10.6 Å². The van der Waals surface area contributed by atoms with Crippen LogP contribution in [0.5, 0.6) is 11.5 Å². The van der Waals surface area contributed by atoms with Crippen molar-refractivity contribution in [3.8, 4) is 11.5 Å². The summed E-state index contributed by atoms with van der Waals surface area (Å²) in [6.45, 7) is 2.11. The van der Waals surface area contributed by atoms with Crippen LogP contribution in [0.3, 0.4) is 0 Å². The van der Waals surface area contributed by atoms with E-state index in [1.54, 1.807) is 4.90 Å². The molecule has 2 aromatic rings. The van der Waals surface area contributed by atoms with Crippen LogP contribution in [0.15, 0.2) is 54.6 Å². The van der Waals surface area contributed by atoms with Gasteiger partial charge >= 0.3 is 0 Å². The molecule has 2 aliphatic rings. The van der Waals surface area contributed by atoms with Gasteiger partial charge in [-0.25, -0.2) is 0 Å². The number of anilines is 1. The Hall–Kier alpha value is -2.57. The summed E-state index contributed by atoms with van der Waals surface area (Å²) in [5, 5.41) is 6.22. The lowest BCUT2D eigenvalue weighted by Gasteiger charge is -2.18. The lowest BCUT2D eigenvalue weighted by Crippen LogP contribution is -2.41. The Labute approximate surface area is 170 Å². The first-order valence-corrected chi connectivity index (χ1v) is 9.33. The van der Waals surface area contributed by atoms with Gasteiger partial charge in [0.15, 0.2) is 0 Å². The van der Waals surface area contributed by atoms with Crippen molar-refractivity contribution in [1.82, 2.24) is 10.6 Å². The Morgan fingerprint density at radius 1 is 1.07 bits per heavy atom. The molecule has 2 amide bonds. The molecule has 2 heterocycles. The van der Waals surface area contributed by atoms with Crippen LogP contribution in [0, 0.1) is 5.92 Å². The highest BCUT2D eigenvalue weighted by atomic mass is 35.5. The molecule has 0 aromatic heterocycles. The molecule has 0 aliphatic carbocycles. The van der Waals surface area contributed by atoms with Gasteiger partial charge in [-0.3, -0.25) is 9.59 Å². The number of ether oxygens (including phenoxy) is 1. The standard InChI is InChI=1S/C21H23N3O3.ClH/c25-20-12-16(23-21(26)15-10-11-22-13-15)14-24(20)17-6-8-19(9-7-17)27-18-4-2-1-3-5-18;/h1-9,15-16,22H,10-14H2,(H,23,26);1H. The molecule has 28 heavy (non-hydrogen) atoms. The molecule has 4 rings (SSSR count). The number of amides is 2. The molecule has 6 nitrogen and oxygen atoms in total. The van der Waals surface area contributed by atoms with Crippen LogP contribution >= 0.6 is 12.4 Å². The first-order chi connectivity index (χ1) is 13.2. The van der Waals surface area contributed by atoms with Crippen LogP contribution in [0.2, 0.25) is 0 Å². The third-order valence-electron chi connectivity index (χ3n) is 5.03. The number of hydrogen-bond donors (Lipinski definition) is 2. The fourth-order valence-corrected chi connectivity index (χ4v) is 3.57. The van der Waals surface area contributed by atoms with Gasteiger partial charge < -0.3 is 20.3 Å². The highest BCUT2D eigenvalue weighted by Gasteiger charge is 2.33. The highest BCUT2D eigenvalue weighted by Crippen LogP contribution is 2.27. The van der Waals surface area contributed by atoms with Gasteiger partial charge in [0.2, 0.25) is 11.8 Å². The summed E-state index contributed by atoms with van der Waals surface area (Å²) in [5.74, 6) is 1.58. The van der Waals surface area contributed by atoms with Crippen molar-refractivity contribution in [1.29, 1.82) is 0 Å². The molecule has 7 heteroatoms. The number of carbonyl (C=O) groups excluding carboxylic acids is 2. The summed E-state index contributed by atoms with van der Waals surface area (Å²) in [6, 6.07) is 16.9. The van der Waals surface area contributed by atoms with E-state index >= 15 is 0 Å². The first kappa shape index (κ1) is 20.2. The molecule has 148 valence electrons. The monoisotopic (exact) mass is 401 g/mol. The zero-order valence-electron chi connectivity index (χ0n) is 15.5. The molecule has 2 fully saturated rings. The number of rotatable bonds is 5. The normalized spacial score (nSPS) is 21.3. The summed E-state index contributed by atoms with van der Waals surface area (Å²) >= 11 is 0. The van der Waals surface area contributed by atoms with Crippen LogP contribution in [-0.2, 0) is 9.59 Å². The van der Waals surface area contributed by atoms with Crippen LogP contribution in [0.25, 0.3) is 0 Å². The minimum absolute atomic E-state index is 0. The number of nitrogens with one attached hydrogen (secondary N) is 2. The second-order valence-corrected chi connectivity index (χ2v) is 7.01. The van der Waals surface area contributed by atoms with Gasteiger partial charge in [-0.1, -0.05) is 18.2 Å². The van der Waals surface area contributed by atoms with E-state index in [4.69, 9.17) is 4.74 Å². The molecule has 2 unspecified atom stereocenters. The molecule has 0 saturated carbocycles. The van der Waals surface area contributed by atoms with E-state index in [0.29, 0.717) is 13.0 Å². The van der Waals surface area contributed by atoms with E-state index in [9.17, 15) is 9.59 Å². The predicted octanol–water partition coefficient (Wildman–Crippen LogP) is 2.73. The van der Waals surface area contributed by atoms with Gasteiger partial charge in [0.1, 0.15) is 11.5 Å². The SMILES string of the molecule is Cl.O=C(NC1CC(=O)N(c2ccc(Oc3ccccc3)cc2)C1)C1CCNC1. The van der Waals surface area contributed by atoms with E-state index in [1.165, 1.54) is 0 Å². The number of hydrogen-bond acceptors (Lipinski definition) is 4. The van der Waals surface area contributed by atoms with Crippen molar-refractivity contribution in [2.75, 3.05) is 24.5 Å². The maximum absolute atomic E-state index is 12.4. The zero-order chi connectivity index (χ0) is 18.6. The molecule has 2 saturated heterocycles. The van der Waals surface area contributed by atoms with Gasteiger partial charge in [0.05, 0.1) is 12.0 Å². The topological polar surface area (TPSA) is 70.7 Å². The Morgan fingerprint density at radius 3 is 2.46 bits per heavy atom. The largest absolute Gasteiger partial charge is 0.457 e. The van der Waals surface area contributed by atoms with Crippen LogP contribution in [0.1, 0.15) is 12.8 Å². The molecule has 2 N–H and O–H groups in total. The minimum Gasteiger partial charge on any atom is -0.457 e. The number of para-hydroxylation sites is 1. The quantitative estimate of drug-likeness (QED) is 0.808. The van der Waals surface area contributed by atoms with Gasteiger partial charge in [-0.05, 0) is 49.4 Å². The maximum Gasteiger partial charge on any atom is 0.229 e. The van der Waals surface area contributed by atoms with Crippen molar-refractivity contribution in [3.05, 3.63) is 54.6 Å². The summed E-state index contributed by atoms with van der Waals surface area (Å²) in [6.07, 6.45) is 1.20. The third kappa shape index (κ3) is 4.64. The molecule has 2 atom stereocenters. The fourth-order valence-electron chi connectivity index (χ4n) is 3.57. The second-order valence-electron chi connectivity index (χ2n) is 7.01. The molecule has 2 aromatic carbocycles. The number of carbonyl (C=O) groups is 2. The Bertz CT molecular complexity index is 807. The van der Waals surface area contributed by atoms with Crippen LogP contribution < -0.4 is 20.3 Å². The Balaban J connectivity index is 0.00000225. The average Bonchev–Trinajstić information content (AvgIpc) is 3.33.